The van der Waals surface area contributed by atoms with Gasteiger partial charge in [0.25, 0.3) is 0 Å². The molecular formula is C18H17BrFN3O2. The predicted octanol–water partition coefficient (Wildman–Crippen LogP) is 4.42. The van der Waals surface area contributed by atoms with E-state index in [0.717, 1.165) is 4.47 Å². The molecule has 1 unspecified atom stereocenters. The molecule has 1 atom stereocenters. The van der Waals surface area contributed by atoms with Crippen LogP contribution in [0.25, 0.3) is 16.9 Å². The average molecular weight is 406 g/mol. The molecule has 0 bridgehead atoms. The minimum Gasteiger partial charge on any atom is -0.480 e. The molecule has 0 amide bonds. The van der Waals surface area contributed by atoms with Gasteiger partial charge in [-0.15, -0.1) is 0 Å². The lowest BCUT2D eigenvalue weighted by atomic mass is 10.0. The van der Waals surface area contributed by atoms with Gasteiger partial charge in [-0.05, 0) is 58.2 Å². The van der Waals surface area contributed by atoms with Crippen molar-refractivity contribution in [2.45, 2.75) is 19.9 Å². The Kier molecular flexibility index (Phi) is 4.76. The highest BCUT2D eigenvalue weighted by molar-refractivity contribution is 9.10. The van der Waals surface area contributed by atoms with E-state index >= 15 is 0 Å². The van der Waals surface area contributed by atoms with Crippen molar-refractivity contribution >= 4 is 33.4 Å². The van der Waals surface area contributed by atoms with Gasteiger partial charge in [-0.1, -0.05) is 13.8 Å². The quantitative estimate of drug-likeness (QED) is 0.658. The number of fused-ring (bicyclic) bond motifs is 1. The van der Waals surface area contributed by atoms with Gasteiger partial charge in [0.15, 0.2) is 0 Å². The van der Waals surface area contributed by atoms with E-state index in [2.05, 4.69) is 26.2 Å². The Hall–Kier alpha value is -2.41. The van der Waals surface area contributed by atoms with Gasteiger partial charge in [0.1, 0.15) is 29.0 Å². The fraction of sp³-hybridized carbons (Fsp3) is 0.222. The zero-order chi connectivity index (χ0) is 18.1. The standard InChI is InChI=1S/C18H17BrFN3O2/c1-10(2)15(18(24)25)22-17-16(11-3-6-13(20)7-4-11)21-14-8-5-12(19)9-23(14)17/h3-10,15,22H,1-2H3,(H,24,25). The zero-order valence-corrected chi connectivity index (χ0v) is 15.3. The van der Waals surface area contributed by atoms with E-state index < -0.39 is 12.0 Å². The molecule has 3 aromatic rings. The van der Waals surface area contributed by atoms with Gasteiger partial charge in [-0.25, -0.2) is 14.2 Å². The predicted molar refractivity (Wildman–Crippen MR) is 98.2 cm³/mol. The molecule has 2 aromatic heterocycles. The Morgan fingerprint density at radius 2 is 1.92 bits per heavy atom. The third-order valence-electron chi connectivity index (χ3n) is 3.93. The summed E-state index contributed by atoms with van der Waals surface area (Å²) < 4.78 is 15.9. The third kappa shape index (κ3) is 3.51. The van der Waals surface area contributed by atoms with Crippen LogP contribution in [0.4, 0.5) is 10.2 Å². The second kappa shape index (κ2) is 6.84. The highest BCUT2D eigenvalue weighted by atomic mass is 79.9. The number of anilines is 1. The average Bonchev–Trinajstić information content (AvgIpc) is 2.90. The smallest absolute Gasteiger partial charge is 0.326 e. The molecule has 7 heteroatoms. The van der Waals surface area contributed by atoms with Crippen LogP contribution in [0.3, 0.4) is 0 Å². The molecule has 0 fully saturated rings. The first-order valence-electron chi connectivity index (χ1n) is 7.79. The Morgan fingerprint density at radius 3 is 2.52 bits per heavy atom. The maximum atomic E-state index is 13.3. The Bertz CT molecular complexity index is 922. The number of carbonyl (C=O) groups is 1. The summed E-state index contributed by atoms with van der Waals surface area (Å²) >= 11 is 3.42. The van der Waals surface area contributed by atoms with Crippen molar-refractivity contribution in [1.82, 2.24) is 9.38 Å². The van der Waals surface area contributed by atoms with E-state index in [1.165, 1.54) is 12.1 Å². The van der Waals surface area contributed by atoms with E-state index in [9.17, 15) is 14.3 Å². The van der Waals surface area contributed by atoms with Crippen molar-refractivity contribution in [3.63, 3.8) is 0 Å². The topological polar surface area (TPSA) is 66.6 Å². The Balaban J connectivity index is 2.19. The number of carboxylic acid groups (broad SMARTS) is 1. The summed E-state index contributed by atoms with van der Waals surface area (Å²) in [6.07, 6.45) is 1.82. The summed E-state index contributed by atoms with van der Waals surface area (Å²) in [4.78, 5) is 16.2. The lowest BCUT2D eigenvalue weighted by molar-refractivity contribution is -0.138. The molecule has 0 radical (unpaired) electrons. The molecule has 0 spiro atoms. The highest BCUT2D eigenvalue weighted by Gasteiger charge is 2.25. The van der Waals surface area contributed by atoms with Gasteiger partial charge in [0.2, 0.25) is 0 Å². The van der Waals surface area contributed by atoms with Gasteiger partial charge in [-0.2, -0.15) is 0 Å². The maximum absolute atomic E-state index is 13.3. The number of benzene rings is 1. The lowest BCUT2D eigenvalue weighted by Gasteiger charge is -2.19. The van der Waals surface area contributed by atoms with Crippen LogP contribution in [-0.2, 0) is 4.79 Å². The molecule has 0 aliphatic carbocycles. The molecule has 0 aliphatic rings. The van der Waals surface area contributed by atoms with Gasteiger partial charge in [0, 0.05) is 16.2 Å². The number of hydrogen-bond acceptors (Lipinski definition) is 3. The molecule has 3 rings (SSSR count). The fourth-order valence-corrected chi connectivity index (χ4v) is 2.96. The van der Waals surface area contributed by atoms with Crippen molar-refractivity contribution in [1.29, 1.82) is 0 Å². The van der Waals surface area contributed by atoms with E-state index in [1.54, 1.807) is 16.5 Å². The number of nitrogens with one attached hydrogen (secondary N) is 1. The minimum atomic E-state index is -0.940. The van der Waals surface area contributed by atoms with Crippen LogP contribution in [0.15, 0.2) is 47.1 Å². The first-order valence-corrected chi connectivity index (χ1v) is 8.59. The summed E-state index contributed by atoms with van der Waals surface area (Å²) in [6.45, 7) is 3.67. The Morgan fingerprint density at radius 1 is 1.24 bits per heavy atom. The zero-order valence-electron chi connectivity index (χ0n) is 13.7. The summed E-state index contributed by atoms with van der Waals surface area (Å²) in [5, 5.41) is 12.6. The summed E-state index contributed by atoms with van der Waals surface area (Å²) in [6, 6.07) is 8.88. The van der Waals surface area contributed by atoms with Crippen LogP contribution in [0.2, 0.25) is 0 Å². The van der Waals surface area contributed by atoms with E-state index in [1.807, 2.05) is 32.2 Å². The van der Waals surface area contributed by atoms with Gasteiger partial charge in [0.05, 0.1) is 0 Å². The van der Waals surface area contributed by atoms with E-state index in [0.29, 0.717) is 22.7 Å². The number of halogens is 2. The summed E-state index contributed by atoms with van der Waals surface area (Å²) in [5.74, 6) is -0.847. The summed E-state index contributed by atoms with van der Waals surface area (Å²) in [7, 11) is 0. The van der Waals surface area contributed by atoms with E-state index in [-0.39, 0.29) is 11.7 Å². The van der Waals surface area contributed by atoms with Crippen molar-refractivity contribution in [2.75, 3.05) is 5.32 Å². The number of rotatable bonds is 5. The lowest BCUT2D eigenvalue weighted by Crippen LogP contribution is -2.34. The third-order valence-corrected chi connectivity index (χ3v) is 4.39. The highest BCUT2D eigenvalue weighted by Crippen LogP contribution is 2.31. The summed E-state index contributed by atoms with van der Waals surface area (Å²) in [5.41, 5.74) is 1.94. The first kappa shape index (κ1) is 17.4. The van der Waals surface area contributed by atoms with Gasteiger partial charge < -0.3 is 10.4 Å². The number of aliphatic carboxylic acids is 1. The molecule has 0 saturated heterocycles. The molecule has 0 aliphatic heterocycles. The molecule has 2 N–H and O–H groups in total. The van der Waals surface area contributed by atoms with Crippen molar-refractivity contribution in [3.8, 4) is 11.3 Å². The van der Waals surface area contributed by atoms with Crippen LogP contribution < -0.4 is 5.32 Å². The second-order valence-electron chi connectivity index (χ2n) is 6.10. The number of imidazole rings is 1. The fourth-order valence-electron chi connectivity index (χ4n) is 2.63. The molecule has 25 heavy (non-hydrogen) atoms. The van der Waals surface area contributed by atoms with Crippen LogP contribution in [0.1, 0.15) is 13.8 Å². The molecule has 2 heterocycles. The molecule has 5 nitrogen and oxygen atoms in total. The maximum Gasteiger partial charge on any atom is 0.326 e. The second-order valence-corrected chi connectivity index (χ2v) is 7.01. The SMILES string of the molecule is CC(C)C(Nc1c(-c2ccc(F)cc2)nc2ccc(Br)cn12)C(=O)O. The number of carboxylic acids is 1. The van der Waals surface area contributed by atoms with E-state index in [4.69, 9.17) is 0 Å². The molecular weight excluding hydrogens is 389 g/mol. The molecule has 130 valence electrons. The normalized spacial score (nSPS) is 12.5. The first-order chi connectivity index (χ1) is 11.9. The van der Waals surface area contributed by atoms with Crippen molar-refractivity contribution in [2.24, 2.45) is 5.92 Å². The number of nitrogens with zero attached hydrogens (tertiary/aromatic N) is 2. The molecule has 0 saturated carbocycles. The monoisotopic (exact) mass is 405 g/mol. The van der Waals surface area contributed by atoms with Crippen LogP contribution in [-0.4, -0.2) is 26.5 Å². The molecule has 1 aromatic carbocycles. The van der Waals surface area contributed by atoms with Gasteiger partial charge >= 0.3 is 5.97 Å². The van der Waals surface area contributed by atoms with Crippen molar-refractivity contribution < 1.29 is 14.3 Å². The minimum absolute atomic E-state index is 0.128. The number of hydrogen-bond donors (Lipinski definition) is 2. The van der Waals surface area contributed by atoms with Gasteiger partial charge in [-0.3, -0.25) is 4.40 Å². The van der Waals surface area contributed by atoms with Crippen molar-refractivity contribution in [3.05, 3.63) is 52.9 Å². The van der Waals surface area contributed by atoms with Crippen LogP contribution in [0, 0.1) is 11.7 Å². The number of pyridine rings is 1. The van der Waals surface area contributed by atoms with Crippen LogP contribution in [0.5, 0.6) is 0 Å². The largest absolute Gasteiger partial charge is 0.480 e. The Labute approximate surface area is 152 Å². The number of aromatic nitrogens is 2. The van der Waals surface area contributed by atoms with Crippen LogP contribution >= 0.6 is 15.9 Å².